The number of likely N-dealkylation sites (tertiary alicyclic amines) is 1. The summed E-state index contributed by atoms with van der Waals surface area (Å²) < 4.78 is 26.2. The number of carbonyl (C=O) groups is 1. The number of amides is 1. The molecule has 2 aliphatic heterocycles. The van der Waals surface area contributed by atoms with Crippen LogP contribution in [-0.4, -0.2) is 54.4 Å². The van der Waals surface area contributed by atoms with E-state index in [-0.39, 0.29) is 35.0 Å². The fourth-order valence-electron chi connectivity index (χ4n) is 4.32. The summed E-state index contributed by atoms with van der Waals surface area (Å²) in [6.07, 6.45) is 1.24. The van der Waals surface area contributed by atoms with Crippen molar-refractivity contribution in [3.05, 3.63) is 70.1 Å². The molecule has 0 radical (unpaired) electrons. The number of carbonyl (C=O) groups excluding carboxylic acids is 1. The van der Waals surface area contributed by atoms with Gasteiger partial charge < -0.3 is 9.88 Å². The van der Waals surface area contributed by atoms with Crippen molar-refractivity contribution in [2.24, 2.45) is 11.8 Å². The van der Waals surface area contributed by atoms with Crippen LogP contribution < -0.4 is 5.56 Å². The van der Waals surface area contributed by atoms with Gasteiger partial charge in [-0.3, -0.25) is 9.59 Å². The lowest BCUT2D eigenvalue weighted by Crippen LogP contribution is -2.37. The second kappa shape index (κ2) is 6.61. The Morgan fingerprint density at radius 3 is 2.44 bits per heavy atom. The van der Waals surface area contributed by atoms with Crippen molar-refractivity contribution in [1.29, 1.82) is 0 Å². The molecule has 0 unspecified atom stereocenters. The van der Waals surface area contributed by atoms with E-state index in [1.807, 2.05) is 30.3 Å². The average Bonchev–Trinajstić information content (AvgIpc) is 3.19. The highest BCUT2D eigenvalue weighted by atomic mass is 32.2. The second-order valence-electron chi connectivity index (χ2n) is 7.25. The van der Waals surface area contributed by atoms with Gasteiger partial charge >= 0.3 is 0 Å². The molecule has 7 nitrogen and oxygen atoms in total. The third kappa shape index (κ3) is 3.30. The van der Waals surface area contributed by atoms with Crippen LogP contribution in [-0.2, 0) is 10.0 Å². The molecule has 0 bridgehead atoms. The molecule has 142 valence electrons. The topological polar surface area (TPSA) is 90.6 Å². The van der Waals surface area contributed by atoms with Crippen molar-refractivity contribution in [3.63, 3.8) is 0 Å². The Labute approximate surface area is 157 Å². The van der Waals surface area contributed by atoms with Crippen LogP contribution >= 0.6 is 0 Å². The van der Waals surface area contributed by atoms with Crippen molar-refractivity contribution in [1.82, 2.24) is 14.2 Å². The molecule has 27 heavy (non-hydrogen) atoms. The van der Waals surface area contributed by atoms with Gasteiger partial charge in [0.1, 0.15) is 5.69 Å². The highest BCUT2D eigenvalue weighted by molar-refractivity contribution is 7.88. The molecule has 0 saturated carbocycles. The highest BCUT2D eigenvalue weighted by Gasteiger charge is 2.51. The van der Waals surface area contributed by atoms with Gasteiger partial charge in [0, 0.05) is 31.6 Å². The molecule has 1 aromatic heterocycles. The number of hydrogen-bond acceptors (Lipinski definition) is 4. The minimum absolute atomic E-state index is 0.0292. The minimum Gasteiger partial charge on any atom is -0.337 e. The first-order valence-corrected chi connectivity index (χ1v) is 10.7. The summed E-state index contributed by atoms with van der Waals surface area (Å²) in [6.45, 7) is 1.35. The van der Waals surface area contributed by atoms with Gasteiger partial charge in [0.25, 0.3) is 5.91 Å². The summed E-state index contributed by atoms with van der Waals surface area (Å²) in [7, 11) is -3.36. The maximum atomic E-state index is 12.8. The zero-order valence-corrected chi connectivity index (χ0v) is 15.7. The summed E-state index contributed by atoms with van der Waals surface area (Å²) in [6, 6.07) is 13.8. The predicted molar refractivity (Wildman–Crippen MR) is 101 cm³/mol. The predicted octanol–water partition coefficient (Wildman–Crippen LogP) is 1.08. The van der Waals surface area contributed by atoms with Gasteiger partial charge in [-0.1, -0.05) is 36.4 Å². The normalized spacial score (nSPS) is 25.5. The fraction of sp³-hybridized carbons (Fsp3) is 0.368. The number of fused-ring (bicyclic) bond motifs is 1. The first-order chi connectivity index (χ1) is 12.8. The van der Waals surface area contributed by atoms with E-state index in [2.05, 4.69) is 4.98 Å². The van der Waals surface area contributed by atoms with Crippen molar-refractivity contribution in [2.75, 3.05) is 25.9 Å². The molecule has 4 rings (SSSR count). The quantitative estimate of drug-likeness (QED) is 0.853. The first-order valence-electron chi connectivity index (χ1n) is 8.85. The SMILES string of the molecule is CS(=O)(=O)N1C[C@H]2CN(C(=O)c3cccc(=O)[nH]3)C[C@H]2[C@@H]1c1ccccc1. The van der Waals surface area contributed by atoms with Crippen LogP contribution in [0.5, 0.6) is 0 Å². The number of rotatable bonds is 3. The third-order valence-electron chi connectivity index (χ3n) is 5.47. The molecule has 3 atom stereocenters. The van der Waals surface area contributed by atoms with Gasteiger partial charge in [0.15, 0.2) is 0 Å². The molecule has 0 aliphatic carbocycles. The van der Waals surface area contributed by atoms with Gasteiger partial charge in [-0.2, -0.15) is 4.31 Å². The summed E-state index contributed by atoms with van der Waals surface area (Å²) in [4.78, 5) is 28.6. The van der Waals surface area contributed by atoms with Crippen molar-refractivity contribution in [2.45, 2.75) is 6.04 Å². The van der Waals surface area contributed by atoms with Crippen LogP contribution in [0.1, 0.15) is 22.1 Å². The number of nitrogens with one attached hydrogen (secondary N) is 1. The number of sulfonamides is 1. The number of aromatic amines is 1. The highest BCUT2D eigenvalue weighted by Crippen LogP contribution is 2.46. The van der Waals surface area contributed by atoms with Crippen LogP contribution in [0.2, 0.25) is 0 Å². The molecule has 1 aromatic carbocycles. The van der Waals surface area contributed by atoms with E-state index in [1.165, 1.54) is 12.3 Å². The third-order valence-corrected chi connectivity index (χ3v) is 6.70. The second-order valence-corrected chi connectivity index (χ2v) is 9.19. The minimum atomic E-state index is -3.36. The van der Waals surface area contributed by atoms with Crippen molar-refractivity contribution < 1.29 is 13.2 Å². The summed E-state index contributed by atoms with van der Waals surface area (Å²) >= 11 is 0. The molecule has 8 heteroatoms. The molecule has 1 N–H and O–H groups in total. The molecular formula is C19H21N3O4S. The number of pyridine rings is 1. The van der Waals surface area contributed by atoms with E-state index in [1.54, 1.807) is 21.3 Å². The number of hydrogen-bond donors (Lipinski definition) is 1. The van der Waals surface area contributed by atoms with Gasteiger partial charge in [-0.05, 0) is 17.5 Å². The van der Waals surface area contributed by atoms with E-state index in [9.17, 15) is 18.0 Å². The average molecular weight is 387 g/mol. The summed E-state index contributed by atoms with van der Waals surface area (Å²) in [5, 5.41) is 0. The Morgan fingerprint density at radius 1 is 1.04 bits per heavy atom. The standard InChI is InChI=1S/C19H21N3O4S/c1-27(25,26)22-11-14-10-21(19(24)16-8-5-9-17(23)20-16)12-15(14)18(22)13-6-3-2-4-7-13/h2-9,14-15,18H,10-12H2,1H3,(H,20,23)/t14-,15-,18+/m1/s1. The summed E-state index contributed by atoms with van der Waals surface area (Å²) in [5.74, 6) is -0.120. The van der Waals surface area contributed by atoms with Crippen LogP contribution in [0, 0.1) is 11.8 Å². The lowest BCUT2D eigenvalue weighted by atomic mass is 9.90. The molecule has 2 fully saturated rings. The maximum Gasteiger partial charge on any atom is 0.270 e. The monoisotopic (exact) mass is 387 g/mol. The van der Waals surface area contributed by atoms with E-state index in [4.69, 9.17) is 0 Å². The lowest BCUT2D eigenvalue weighted by molar-refractivity contribution is 0.0767. The van der Waals surface area contributed by atoms with Gasteiger partial charge in [0.2, 0.25) is 15.6 Å². The first kappa shape index (κ1) is 17.9. The van der Waals surface area contributed by atoms with E-state index in [0.717, 1.165) is 5.56 Å². The molecule has 1 amide bonds. The Balaban J connectivity index is 1.63. The van der Waals surface area contributed by atoms with Gasteiger partial charge in [0.05, 0.1) is 12.3 Å². The van der Waals surface area contributed by atoms with Gasteiger partial charge in [-0.15, -0.1) is 0 Å². The molecular weight excluding hydrogens is 366 g/mol. The Morgan fingerprint density at radius 2 is 1.78 bits per heavy atom. The number of nitrogens with zero attached hydrogens (tertiary/aromatic N) is 2. The number of benzene rings is 1. The molecule has 2 saturated heterocycles. The zero-order valence-electron chi connectivity index (χ0n) is 14.9. The van der Waals surface area contributed by atoms with E-state index >= 15 is 0 Å². The fourth-order valence-corrected chi connectivity index (χ4v) is 5.47. The number of aromatic nitrogens is 1. The van der Waals surface area contributed by atoms with Crippen LogP contribution in [0.15, 0.2) is 53.3 Å². The molecule has 3 heterocycles. The summed E-state index contributed by atoms with van der Waals surface area (Å²) in [5.41, 5.74) is 0.891. The smallest absolute Gasteiger partial charge is 0.270 e. The largest absolute Gasteiger partial charge is 0.337 e. The Kier molecular flexibility index (Phi) is 4.39. The molecule has 0 spiro atoms. The Hall–Kier alpha value is -2.45. The van der Waals surface area contributed by atoms with Crippen LogP contribution in [0.3, 0.4) is 0 Å². The van der Waals surface area contributed by atoms with E-state index in [0.29, 0.717) is 19.6 Å². The molecule has 2 aromatic rings. The maximum absolute atomic E-state index is 12.8. The van der Waals surface area contributed by atoms with Crippen LogP contribution in [0.25, 0.3) is 0 Å². The van der Waals surface area contributed by atoms with E-state index < -0.39 is 10.0 Å². The Bertz CT molecular complexity index is 1020. The molecule has 2 aliphatic rings. The van der Waals surface area contributed by atoms with Crippen molar-refractivity contribution in [3.8, 4) is 0 Å². The van der Waals surface area contributed by atoms with Gasteiger partial charge in [-0.25, -0.2) is 8.42 Å². The lowest BCUT2D eigenvalue weighted by Gasteiger charge is -2.28. The zero-order chi connectivity index (χ0) is 19.2. The number of H-pyrrole nitrogens is 1. The van der Waals surface area contributed by atoms with Crippen LogP contribution in [0.4, 0.5) is 0 Å². The van der Waals surface area contributed by atoms with Crippen molar-refractivity contribution >= 4 is 15.9 Å².